The van der Waals surface area contributed by atoms with Crippen LogP contribution < -0.4 is 0 Å². The minimum atomic E-state index is 0.346. The Morgan fingerprint density at radius 1 is 0.533 bits per heavy atom. The van der Waals surface area contributed by atoms with Crippen molar-refractivity contribution in [1.82, 2.24) is 0 Å². The van der Waals surface area contributed by atoms with E-state index in [2.05, 4.69) is 69.2 Å². The Bertz CT molecular complexity index is 188. The van der Waals surface area contributed by atoms with Gasteiger partial charge in [0.25, 0.3) is 0 Å². The van der Waals surface area contributed by atoms with E-state index in [4.69, 9.17) is 0 Å². The predicted octanol–water partition coefficient (Wildman–Crippen LogP) is 5.52. The maximum absolute atomic E-state index is 2.46. The van der Waals surface area contributed by atoms with Crippen molar-refractivity contribution >= 4 is 0 Å². The summed E-state index contributed by atoms with van der Waals surface area (Å²) in [6.07, 6.45) is 1.27. The van der Waals surface area contributed by atoms with Gasteiger partial charge in [0.05, 0.1) is 0 Å². The first-order valence-corrected chi connectivity index (χ1v) is 6.21. The molecule has 0 unspecified atom stereocenters. The highest BCUT2D eigenvalue weighted by Crippen LogP contribution is 2.56. The molecule has 0 fully saturated rings. The Morgan fingerprint density at radius 2 is 0.800 bits per heavy atom. The largest absolute Gasteiger partial charge is 0.0602 e. The van der Waals surface area contributed by atoms with Crippen LogP contribution in [0.5, 0.6) is 0 Å². The summed E-state index contributed by atoms with van der Waals surface area (Å²) in [4.78, 5) is 0. The van der Waals surface area contributed by atoms with Gasteiger partial charge >= 0.3 is 0 Å². The lowest BCUT2D eigenvalue weighted by Crippen LogP contribution is -2.46. The zero-order valence-electron chi connectivity index (χ0n) is 12.7. The number of rotatable bonds is 1. The third-order valence-corrected chi connectivity index (χ3v) is 4.19. The van der Waals surface area contributed by atoms with Gasteiger partial charge in [-0.1, -0.05) is 69.2 Å². The molecule has 0 saturated carbocycles. The molecular formula is C15H32. The van der Waals surface area contributed by atoms with Crippen LogP contribution in [0, 0.1) is 21.7 Å². The molecule has 0 heterocycles. The van der Waals surface area contributed by atoms with E-state index in [1.54, 1.807) is 0 Å². The van der Waals surface area contributed by atoms with Crippen LogP contribution in [0.15, 0.2) is 0 Å². The molecular weight excluding hydrogens is 180 g/mol. The average molecular weight is 212 g/mol. The summed E-state index contributed by atoms with van der Waals surface area (Å²) in [5, 5.41) is 0. The molecule has 0 saturated heterocycles. The molecule has 92 valence electrons. The smallest absolute Gasteiger partial charge is 0.0224 e. The molecule has 0 aliphatic heterocycles. The van der Waals surface area contributed by atoms with Gasteiger partial charge in [0.1, 0.15) is 0 Å². The van der Waals surface area contributed by atoms with E-state index in [-0.39, 0.29) is 0 Å². The Labute approximate surface area is 97.8 Å². The SMILES string of the molecule is CC(C)(C)CC(C)(C(C)(C)C)C(C)(C)C. The van der Waals surface area contributed by atoms with E-state index in [0.29, 0.717) is 21.7 Å². The molecule has 0 heteroatoms. The van der Waals surface area contributed by atoms with Gasteiger partial charge in [-0.25, -0.2) is 0 Å². The van der Waals surface area contributed by atoms with Gasteiger partial charge in [0, 0.05) is 0 Å². The van der Waals surface area contributed by atoms with Gasteiger partial charge in [-0.15, -0.1) is 0 Å². The molecule has 0 aliphatic rings. The molecule has 15 heavy (non-hydrogen) atoms. The molecule has 0 N–H and O–H groups in total. The second-order valence-electron chi connectivity index (χ2n) is 8.57. The molecule has 0 amide bonds. The van der Waals surface area contributed by atoms with Crippen molar-refractivity contribution in [3.05, 3.63) is 0 Å². The molecule has 0 radical (unpaired) electrons. The minimum absolute atomic E-state index is 0.346. The van der Waals surface area contributed by atoms with Crippen LogP contribution in [-0.2, 0) is 0 Å². The monoisotopic (exact) mass is 212 g/mol. The zero-order valence-corrected chi connectivity index (χ0v) is 12.7. The standard InChI is InChI=1S/C15H32/c1-12(2,3)11-15(10,13(4,5)6)14(7,8)9/h11H2,1-10H3. The van der Waals surface area contributed by atoms with Gasteiger partial charge in [-0.2, -0.15) is 0 Å². The topological polar surface area (TPSA) is 0 Å². The van der Waals surface area contributed by atoms with Crippen LogP contribution in [0.25, 0.3) is 0 Å². The third-order valence-electron chi connectivity index (χ3n) is 4.19. The molecule has 0 rings (SSSR count). The van der Waals surface area contributed by atoms with E-state index in [1.165, 1.54) is 6.42 Å². The quantitative estimate of drug-likeness (QED) is 0.537. The van der Waals surface area contributed by atoms with Crippen molar-refractivity contribution in [2.24, 2.45) is 21.7 Å². The summed E-state index contributed by atoms with van der Waals surface area (Å²) < 4.78 is 0. The summed E-state index contributed by atoms with van der Waals surface area (Å²) in [6, 6.07) is 0. The summed E-state index contributed by atoms with van der Waals surface area (Å²) in [6.45, 7) is 23.8. The van der Waals surface area contributed by atoms with Crippen molar-refractivity contribution < 1.29 is 0 Å². The Kier molecular flexibility index (Phi) is 3.79. The number of hydrogen-bond acceptors (Lipinski definition) is 0. The fourth-order valence-electron chi connectivity index (χ4n) is 2.72. The van der Waals surface area contributed by atoms with Crippen LogP contribution in [-0.4, -0.2) is 0 Å². The molecule has 0 nitrogen and oxygen atoms in total. The summed E-state index contributed by atoms with van der Waals surface area (Å²) in [5.41, 5.74) is 1.45. The highest BCUT2D eigenvalue weighted by molar-refractivity contribution is 4.97. The van der Waals surface area contributed by atoms with Crippen molar-refractivity contribution in [2.75, 3.05) is 0 Å². The van der Waals surface area contributed by atoms with E-state index in [0.717, 1.165) is 0 Å². The second-order valence-corrected chi connectivity index (χ2v) is 8.57. The number of hydrogen-bond donors (Lipinski definition) is 0. The second kappa shape index (κ2) is 3.79. The first-order chi connectivity index (χ1) is 6.21. The first kappa shape index (κ1) is 15.0. The summed E-state index contributed by atoms with van der Waals surface area (Å²) >= 11 is 0. The molecule has 0 aromatic heterocycles. The third kappa shape index (κ3) is 3.50. The Hall–Kier alpha value is 0. The molecule has 0 spiro atoms. The van der Waals surface area contributed by atoms with Gasteiger partial charge in [0.2, 0.25) is 0 Å². The summed E-state index contributed by atoms with van der Waals surface area (Å²) in [7, 11) is 0. The fraction of sp³-hybridized carbons (Fsp3) is 1.00. The lowest BCUT2D eigenvalue weighted by Gasteiger charge is -2.54. The first-order valence-electron chi connectivity index (χ1n) is 6.21. The molecule has 0 aliphatic carbocycles. The Balaban J connectivity index is 5.26. The maximum Gasteiger partial charge on any atom is -0.0224 e. The van der Waals surface area contributed by atoms with Gasteiger partial charge < -0.3 is 0 Å². The van der Waals surface area contributed by atoms with E-state index < -0.39 is 0 Å². The Morgan fingerprint density at radius 3 is 0.867 bits per heavy atom. The molecule has 0 atom stereocenters. The predicted molar refractivity (Wildman–Crippen MR) is 71.1 cm³/mol. The van der Waals surface area contributed by atoms with Crippen LogP contribution in [0.4, 0.5) is 0 Å². The van der Waals surface area contributed by atoms with Crippen LogP contribution in [0.3, 0.4) is 0 Å². The molecule has 0 aromatic carbocycles. The molecule has 0 aromatic rings. The lowest BCUT2D eigenvalue weighted by molar-refractivity contribution is -0.0476. The zero-order chi connectivity index (χ0) is 12.7. The lowest BCUT2D eigenvalue weighted by atomic mass is 9.51. The van der Waals surface area contributed by atoms with Crippen molar-refractivity contribution in [2.45, 2.75) is 75.7 Å². The highest BCUT2D eigenvalue weighted by Gasteiger charge is 2.48. The minimum Gasteiger partial charge on any atom is -0.0602 e. The van der Waals surface area contributed by atoms with Crippen molar-refractivity contribution in [3.8, 4) is 0 Å². The van der Waals surface area contributed by atoms with E-state index in [9.17, 15) is 0 Å². The van der Waals surface area contributed by atoms with Gasteiger partial charge in [-0.3, -0.25) is 0 Å². The highest BCUT2D eigenvalue weighted by atomic mass is 14.5. The maximum atomic E-state index is 2.46. The summed E-state index contributed by atoms with van der Waals surface area (Å²) in [5.74, 6) is 0. The fourth-order valence-corrected chi connectivity index (χ4v) is 2.72. The van der Waals surface area contributed by atoms with Gasteiger partial charge in [0.15, 0.2) is 0 Å². The normalized spacial score (nSPS) is 15.6. The molecule has 0 bridgehead atoms. The van der Waals surface area contributed by atoms with E-state index >= 15 is 0 Å². The van der Waals surface area contributed by atoms with Crippen LogP contribution in [0.1, 0.15) is 75.7 Å². The van der Waals surface area contributed by atoms with Crippen molar-refractivity contribution in [1.29, 1.82) is 0 Å². The van der Waals surface area contributed by atoms with Crippen molar-refractivity contribution in [3.63, 3.8) is 0 Å². The van der Waals surface area contributed by atoms with Crippen LogP contribution >= 0.6 is 0 Å². The average Bonchev–Trinajstić information content (AvgIpc) is 1.77. The van der Waals surface area contributed by atoms with E-state index in [1.807, 2.05) is 0 Å². The van der Waals surface area contributed by atoms with Gasteiger partial charge in [-0.05, 0) is 28.1 Å². The van der Waals surface area contributed by atoms with Crippen LogP contribution in [0.2, 0.25) is 0 Å².